The van der Waals surface area contributed by atoms with Gasteiger partial charge in [0.2, 0.25) is 0 Å². The van der Waals surface area contributed by atoms with Crippen LogP contribution in [0.4, 0.5) is 0 Å². The molecule has 0 aliphatic rings. The van der Waals surface area contributed by atoms with Crippen LogP contribution in [0.1, 0.15) is 0 Å². The van der Waals surface area contributed by atoms with Gasteiger partial charge in [0.25, 0.3) is 0 Å². The molecule has 22 heavy (non-hydrogen) atoms. The van der Waals surface area contributed by atoms with Crippen molar-refractivity contribution in [2.45, 2.75) is 0 Å². The molecule has 0 saturated heterocycles. The molecule has 4 rings (SSSR count). The van der Waals surface area contributed by atoms with Crippen LogP contribution in [-0.2, 0) is 0 Å². The van der Waals surface area contributed by atoms with E-state index in [-0.39, 0.29) is 0 Å². The molecule has 4 heterocycles. The van der Waals surface area contributed by atoms with E-state index < -0.39 is 0 Å². The topological polar surface area (TPSA) is 65.0 Å². The summed E-state index contributed by atoms with van der Waals surface area (Å²) < 4.78 is 11.0. The molecule has 0 aliphatic carbocycles. The quantitative estimate of drug-likeness (QED) is 0.569. The predicted molar refractivity (Wildman–Crippen MR) is 80.7 cm³/mol. The second-order valence-electron chi connectivity index (χ2n) is 4.65. The molecule has 0 saturated carbocycles. The summed E-state index contributed by atoms with van der Waals surface area (Å²) in [6.45, 7) is 0. The standard InChI is InChI=1S/C17H11N3O2/c1-3-14(21-9-1)13-11-19-17(12-5-7-18-8-6-12)20-16(13)15-4-2-10-22-15/h1-11H. The minimum atomic E-state index is 0.615. The molecule has 0 amide bonds. The highest BCUT2D eigenvalue weighted by Gasteiger charge is 2.16. The number of nitrogens with zero attached hydrogens (tertiary/aromatic N) is 3. The van der Waals surface area contributed by atoms with E-state index in [0.717, 1.165) is 11.1 Å². The first-order valence-corrected chi connectivity index (χ1v) is 6.77. The van der Waals surface area contributed by atoms with E-state index in [1.165, 1.54) is 0 Å². The van der Waals surface area contributed by atoms with Gasteiger partial charge in [0.1, 0.15) is 11.5 Å². The van der Waals surface area contributed by atoms with Gasteiger partial charge < -0.3 is 8.83 Å². The van der Waals surface area contributed by atoms with Crippen molar-refractivity contribution in [3.05, 3.63) is 67.5 Å². The van der Waals surface area contributed by atoms with Crippen molar-refractivity contribution in [3.63, 3.8) is 0 Å². The van der Waals surface area contributed by atoms with Crippen molar-refractivity contribution < 1.29 is 8.83 Å². The molecule has 106 valence electrons. The van der Waals surface area contributed by atoms with Gasteiger partial charge in [-0.15, -0.1) is 0 Å². The number of hydrogen-bond donors (Lipinski definition) is 0. The maximum atomic E-state index is 5.50. The summed E-state index contributed by atoms with van der Waals surface area (Å²) in [4.78, 5) is 13.1. The Morgan fingerprint density at radius 1 is 0.818 bits per heavy atom. The van der Waals surface area contributed by atoms with Crippen LogP contribution in [0, 0.1) is 0 Å². The Bertz CT molecular complexity index is 870. The van der Waals surface area contributed by atoms with Gasteiger partial charge in [-0.25, -0.2) is 9.97 Å². The van der Waals surface area contributed by atoms with Crippen molar-refractivity contribution in [2.24, 2.45) is 0 Å². The largest absolute Gasteiger partial charge is 0.464 e. The van der Waals surface area contributed by atoms with Crippen molar-refractivity contribution in [1.29, 1.82) is 0 Å². The third kappa shape index (κ3) is 2.18. The van der Waals surface area contributed by atoms with Crippen LogP contribution in [0.5, 0.6) is 0 Å². The average molecular weight is 289 g/mol. The van der Waals surface area contributed by atoms with Crippen LogP contribution in [0.2, 0.25) is 0 Å². The highest BCUT2D eigenvalue weighted by atomic mass is 16.3. The molecule has 0 N–H and O–H groups in total. The number of pyridine rings is 1. The van der Waals surface area contributed by atoms with Crippen LogP contribution in [0.15, 0.2) is 76.3 Å². The molecule has 0 aliphatic heterocycles. The Hall–Kier alpha value is -3.21. The number of hydrogen-bond acceptors (Lipinski definition) is 5. The first-order valence-electron chi connectivity index (χ1n) is 6.77. The Kier molecular flexibility index (Phi) is 3.01. The SMILES string of the molecule is c1coc(-c2cnc(-c3ccncc3)nc2-c2ccco2)c1. The summed E-state index contributed by atoms with van der Waals surface area (Å²) in [7, 11) is 0. The van der Waals surface area contributed by atoms with Crippen LogP contribution >= 0.6 is 0 Å². The summed E-state index contributed by atoms with van der Waals surface area (Å²) >= 11 is 0. The molecule has 5 nitrogen and oxygen atoms in total. The summed E-state index contributed by atoms with van der Waals surface area (Å²) in [6, 6.07) is 11.1. The molecule has 0 unspecified atom stereocenters. The Labute approximate surface area is 126 Å². The van der Waals surface area contributed by atoms with Gasteiger partial charge in [-0.05, 0) is 36.4 Å². The summed E-state index contributed by atoms with van der Waals surface area (Å²) in [5.74, 6) is 1.99. The van der Waals surface area contributed by atoms with Gasteiger partial charge in [-0.1, -0.05) is 0 Å². The molecule has 0 atom stereocenters. The third-order valence-electron chi connectivity index (χ3n) is 3.27. The van der Waals surface area contributed by atoms with Crippen molar-refractivity contribution in [3.8, 4) is 34.2 Å². The van der Waals surface area contributed by atoms with E-state index in [4.69, 9.17) is 8.83 Å². The van der Waals surface area contributed by atoms with Gasteiger partial charge >= 0.3 is 0 Å². The van der Waals surface area contributed by atoms with Crippen molar-refractivity contribution in [1.82, 2.24) is 15.0 Å². The lowest BCUT2D eigenvalue weighted by molar-refractivity contribution is 0.573. The monoisotopic (exact) mass is 289 g/mol. The molecule has 0 spiro atoms. The summed E-state index contributed by atoms with van der Waals surface area (Å²) in [6.07, 6.45) is 8.42. The van der Waals surface area contributed by atoms with Gasteiger partial charge in [-0.2, -0.15) is 0 Å². The molecule has 4 aromatic rings. The fourth-order valence-electron chi connectivity index (χ4n) is 2.24. The van der Waals surface area contributed by atoms with Crippen molar-refractivity contribution in [2.75, 3.05) is 0 Å². The minimum Gasteiger partial charge on any atom is -0.464 e. The van der Waals surface area contributed by atoms with E-state index in [9.17, 15) is 0 Å². The molecule has 5 heteroatoms. The van der Waals surface area contributed by atoms with E-state index in [1.54, 1.807) is 31.1 Å². The normalized spacial score (nSPS) is 10.7. The molecular weight excluding hydrogens is 278 g/mol. The van der Waals surface area contributed by atoms with E-state index in [0.29, 0.717) is 23.0 Å². The van der Waals surface area contributed by atoms with E-state index in [1.807, 2.05) is 36.4 Å². The van der Waals surface area contributed by atoms with Crippen LogP contribution < -0.4 is 0 Å². The Morgan fingerprint density at radius 3 is 2.23 bits per heavy atom. The number of aromatic nitrogens is 3. The van der Waals surface area contributed by atoms with Gasteiger partial charge in [0, 0.05) is 24.2 Å². The lowest BCUT2D eigenvalue weighted by Gasteiger charge is -2.06. The molecule has 0 fully saturated rings. The first kappa shape index (κ1) is 12.5. The number of furan rings is 2. The lowest BCUT2D eigenvalue weighted by atomic mass is 10.1. The molecule has 0 bridgehead atoms. The lowest BCUT2D eigenvalue weighted by Crippen LogP contribution is -1.94. The fraction of sp³-hybridized carbons (Fsp3) is 0. The molecule has 0 radical (unpaired) electrons. The summed E-state index contributed by atoms with van der Waals surface area (Å²) in [5.41, 5.74) is 2.38. The molecular formula is C17H11N3O2. The molecule has 4 aromatic heterocycles. The highest BCUT2D eigenvalue weighted by Crippen LogP contribution is 2.32. The average Bonchev–Trinajstić information content (AvgIpc) is 3.29. The predicted octanol–water partition coefficient (Wildman–Crippen LogP) is 4.06. The zero-order chi connectivity index (χ0) is 14.8. The van der Waals surface area contributed by atoms with Gasteiger partial charge in [-0.3, -0.25) is 4.98 Å². The van der Waals surface area contributed by atoms with E-state index in [2.05, 4.69) is 15.0 Å². The van der Waals surface area contributed by atoms with Crippen LogP contribution in [0.25, 0.3) is 34.2 Å². The van der Waals surface area contributed by atoms with Crippen LogP contribution in [-0.4, -0.2) is 15.0 Å². The van der Waals surface area contributed by atoms with Gasteiger partial charge in [0.15, 0.2) is 11.6 Å². The second kappa shape index (κ2) is 5.29. The summed E-state index contributed by atoms with van der Waals surface area (Å²) in [5, 5.41) is 0. The van der Waals surface area contributed by atoms with E-state index >= 15 is 0 Å². The maximum Gasteiger partial charge on any atom is 0.160 e. The van der Waals surface area contributed by atoms with Crippen molar-refractivity contribution >= 4 is 0 Å². The minimum absolute atomic E-state index is 0.615. The third-order valence-corrected chi connectivity index (χ3v) is 3.27. The number of rotatable bonds is 3. The smallest absolute Gasteiger partial charge is 0.160 e. The fourth-order valence-corrected chi connectivity index (χ4v) is 2.24. The van der Waals surface area contributed by atoms with Gasteiger partial charge in [0.05, 0.1) is 18.1 Å². The Morgan fingerprint density at radius 2 is 1.55 bits per heavy atom. The molecule has 0 aromatic carbocycles. The van der Waals surface area contributed by atoms with Crippen LogP contribution in [0.3, 0.4) is 0 Å². The Balaban J connectivity index is 1.91. The first-order chi connectivity index (χ1) is 10.9. The second-order valence-corrected chi connectivity index (χ2v) is 4.65. The zero-order valence-corrected chi connectivity index (χ0v) is 11.5. The highest BCUT2D eigenvalue weighted by molar-refractivity contribution is 5.76. The maximum absolute atomic E-state index is 5.50. The zero-order valence-electron chi connectivity index (χ0n) is 11.5.